The monoisotopic (exact) mass is 411 g/mol. The summed E-state index contributed by atoms with van der Waals surface area (Å²) in [5.41, 5.74) is 13.2. The van der Waals surface area contributed by atoms with Gasteiger partial charge >= 0.3 is 0 Å². The molecule has 0 radical (unpaired) electrons. The Morgan fingerprint density at radius 2 is 1.48 bits per heavy atom. The molecule has 4 rings (SSSR count). The number of aliphatic hydroxyl groups excluding tert-OH is 1. The molecule has 4 N–H and O–H groups in total. The fourth-order valence-corrected chi connectivity index (χ4v) is 4.08. The average Bonchev–Trinajstić information content (AvgIpc) is 2.77. The van der Waals surface area contributed by atoms with E-state index >= 15 is 0 Å². The zero-order chi connectivity index (χ0) is 22.2. The lowest BCUT2D eigenvalue weighted by molar-refractivity contribution is -0.0425. The van der Waals surface area contributed by atoms with E-state index in [1.165, 1.54) is 22.1 Å². The van der Waals surface area contributed by atoms with Crippen molar-refractivity contribution in [2.45, 2.75) is 39.0 Å². The molecule has 31 heavy (non-hydrogen) atoms. The van der Waals surface area contributed by atoms with Gasteiger partial charge in [0.1, 0.15) is 0 Å². The van der Waals surface area contributed by atoms with Crippen LogP contribution in [0.25, 0.3) is 33.0 Å². The highest BCUT2D eigenvalue weighted by Gasteiger charge is 2.14. The van der Waals surface area contributed by atoms with Crippen molar-refractivity contribution in [3.8, 4) is 22.3 Å². The van der Waals surface area contributed by atoms with Gasteiger partial charge in [0.2, 0.25) is 0 Å². The third-order valence-electron chi connectivity index (χ3n) is 5.90. The lowest BCUT2D eigenvalue weighted by atomic mass is 9.86. The van der Waals surface area contributed by atoms with Gasteiger partial charge in [-0.1, -0.05) is 87.5 Å². The van der Waals surface area contributed by atoms with Gasteiger partial charge < -0.3 is 15.9 Å². The van der Waals surface area contributed by atoms with Crippen molar-refractivity contribution in [3.05, 3.63) is 95.6 Å². The molecule has 4 aromatic rings. The smallest absolute Gasteiger partial charge is 0.178 e. The van der Waals surface area contributed by atoms with E-state index in [0.29, 0.717) is 12.1 Å². The molecule has 0 aliphatic carbocycles. The molecule has 0 atom stereocenters. The summed E-state index contributed by atoms with van der Waals surface area (Å²) >= 11 is 0. The lowest BCUT2D eigenvalue weighted by Gasteiger charge is -2.19. The molecule has 0 aromatic heterocycles. The van der Waals surface area contributed by atoms with Crippen LogP contribution in [0.3, 0.4) is 0 Å². The van der Waals surface area contributed by atoms with Crippen LogP contribution in [0.2, 0.25) is 0 Å². The standard InChI is InChI=1S/C28H29NO2/c1-28(2,3)23-11-7-18(8-12-23)25-6-4-5-19-15-20(9-14-26(19)25)24-13-10-21(27(30)31)16-22(24)17-29/h4-16,27,30-31H,17,29H2,1-3H3. The lowest BCUT2D eigenvalue weighted by Crippen LogP contribution is -2.10. The van der Waals surface area contributed by atoms with Crippen molar-refractivity contribution in [2.24, 2.45) is 5.73 Å². The number of aliphatic hydroxyl groups is 2. The molecule has 3 heteroatoms. The largest absolute Gasteiger partial charge is 0.364 e. The van der Waals surface area contributed by atoms with Crippen LogP contribution in [0.5, 0.6) is 0 Å². The van der Waals surface area contributed by atoms with Gasteiger partial charge in [0.15, 0.2) is 6.29 Å². The van der Waals surface area contributed by atoms with Gasteiger partial charge in [0.05, 0.1) is 0 Å². The Bertz CT molecular complexity index is 1220. The third kappa shape index (κ3) is 4.26. The SMILES string of the molecule is CC(C)(C)c1ccc(-c2cccc3cc(-c4ccc(C(O)O)cc4CN)ccc23)cc1. The number of hydrogen-bond acceptors (Lipinski definition) is 3. The minimum atomic E-state index is -1.50. The maximum atomic E-state index is 9.46. The topological polar surface area (TPSA) is 66.5 Å². The first-order chi connectivity index (χ1) is 14.8. The van der Waals surface area contributed by atoms with Crippen molar-refractivity contribution in [3.63, 3.8) is 0 Å². The summed E-state index contributed by atoms with van der Waals surface area (Å²) < 4.78 is 0. The van der Waals surface area contributed by atoms with Gasteiger partial charge in [0, 0.05) is 12.1 Å². The summed E-state index contributed by atoms with van der Waals surface area (Å²) in [7, 11) is 0. The Kier molecular flexibility index (Phi) is 5.67. The highest BCUT2D eigenvalue weighted by atomic mass is 16.5. The number of benzene rings is 4. The Labute approximate surface area is 183 Å². The Morgan fingerprint density at radius 3 is 2.13 bits per heavy atom. The molecule has 158 valence electrons. The molecule has 0 aliphatic rings. The Hall–Kier alpha value is -2.98. The quantitative estimate of drug-likeness (QED) is 0.366. The summed E-state index contributed by atoms with van der Waals surface area (Å²) in [6.07, 6.45) is -1.50. The van der Waals surface area contributed by atoms with Gasteiger partial charge in [-0.05, 0) is 61.7 Å². The fraction of sp³-hybridized carbons (Fsp3) is 0.214. The second-order valence-corrected chi connectivity index (χ2v) is 9.06. The van der Waals surface area contributed by atoms with Crippen LogP contribution < -0.4 is 5.73 Å². The zero-order valence-corrected chi connectivity index (χ0v) is 18.3. The van der Waals surface area contributed by atoms with Crippen molar-refractivity contribution in [1.82, 2.24) is 0 Å². The predicted octanol–water partition coefficient (Wildman–Crippen LogP) is 5.91. The molecule has 4 aromatic carbocycles. The van der Waals surface area contributed by atoms with E-state index in [2.05, 4.69) is 81.4 Å². The second-order valence-electron chi connectivity index (χ2n) is 9.06. The highest BCUT2D eigenvalue weighted by molar-refractivity contribution is 5.98. The normalized spacial score (nSPS) is 12.0. The van der Waals surface area contributed by atoms with Gasteiger partial charge in [-0.25, -0.2) is 0 Å². The third-order valence-corrected chi connectivity index (χ3v) is 5.90. The van der Waals surface area contributed by atoms with Crippen LogP contribution in [-0.2, 0) is 12.0 Å². The molecule has 0 aliphatic heterocycles. The molecule has 0 unspecified atom stereocenters. The first kappa shape index (κ1) is 21.3. The van der Waals surface area contributed by atoms with Crippen LogP contribution in [0.4, 0.5) is 0 Å². The van der Waals surface area contributed by atoms with E-state index in [0.717, 1.165) is 22.1 Å². The highest BCUT2D eigenvalue weighted by Crippen LogP contribution is 2.34. The summed E-state index contributed by atoms with van der Waals surface area (Å²) in [5, 5.41) is 21.3. The van der Waals surface area contributed by atoms with Gasteiger partial charge in [-0.3, -0.25) is 0 Å². The van der Waals surface area contributed by atoms with Crippen molar-refractivity contribution in [1.29, 1.82) is 0 Å². The van der Waals surface area contributed by atoms with E-state index in [1.807, 2.05) is 6.07 Å². The average molecular weight is 412 g/mol. The Balaban J connectivity index is 1.77. The molecule has 0 amide bonds. The van der Waals surface area contributed by atoms with E-state index in [-0.39, 0.29) is 5.41 Å². The molecule has 0 fully saturated rings. The summed E-state index contributed by atoms with van der Waals surface area (Å²) in [6, 6.07) is 27.1. The second kappa shape index (κ2) is 8.27. The number of fused-ring (bicyclic) bond motifs is 1. The van der Waals surface area contributed by atoms with Crippen LogP contribution >= 0.6 is 0 Å². The van der Waals surface area contributed by atoms with Crippen LogP contribution in [0.1, 0.15) is 43.8 Å². The zero-order valence-electron chi connectivity index (χ0n) is 18.3. The maximum Gasteiger partial charge on any atom is 0.178 e. The van der Waals surface area contributed by atoms with Crippen LogP contribution in [-0.4, -0.2) is 10.2 Å². The first-order valence-corrected chi connectivity index (χ1v) is 10.6. The Morgan fingerprint density at radius 1 is 0.774 bits per heavy atom. The van der Waals surface area contributed by atoms with Crippen LogP contribution in [0, 0.1) is 0 Å². The van der Waals surface area contributed by atoms with E-state index in [9.17, 15) is 10.2 Å². The minimum absolute atomic E-state index is 0.133. The molecule has 0 spiro atoms. The van der Waals surface area contributed by atoms with Crippen molar-refractivity contribution in [2.75, 3.05) is 0 Å². The number of nitrogens with two attached hydrogens (primary N) is 1. The van der Waals surface area contributed by atoms with E-state index < -0.39 is 6.29 Å². The van der Waals surface area contributed by atoms with Gasteiger partial charge in [0.25, 0.3) is 0 Å². The van der Waals surface area contributed by atoms with E-state index in [4.69, 9.17) is 5.73 Å². The van der Waals surface area contributed by atoms with Crippen LogP contribution in [0.15, 0.2) is 78.9 Å². The summed E-state index contributed by atoms with van der Waals surface area (Å²) in [5.74, 6) is 0. The minimum Gasteiger partial charge on any atom is -0.364 e. The molecule has 0 bridgehead atoms. The maximum absolute atomic E-state index is 9.46. The van der Waals surface area contributed by atoms with Gasteiger partial charge in [-0.15, -0.1) is 0 Å². The molecule has 3 nitrogen and oxygen atoms in total. The number of hydrogen-bond donors (Lipinski definition) is 3. The molecular weight excluding hydrogens is 382 g/mol. The predicted molar refractivity (Wildman–Crippen MR) is 129 cm³/mol. The summed E-state index contributed by atoms with van der Waals surface area (Å²) in [6.45, 7) is 7.01. The van der Waals surface area contributed by atoms with Gasteiger partial charge in [-0.2, -0.15) is 0 Å². The fourth-order valence-electron chi connectivity index (χ4n) is 4.08. The number of rotatable bonds is 4. The van der Waals surface area contributed by atoms with Crippen molar-refractivity contribution < 1.29 is 10.2 Å². The molecular formula is C28H29NO2. The molecule has 0 saturated carbocycles. The van der Waals surface area contributed by atoms with E-state index in [1.54, 1.807) is 12.1 Å². The summed E-state index contributed by atoms with van der Waals surface area (Å²) in [4.78, 5) is 0. The molecule has 0 heterocycles. The first-order valence-electron chi connectivity index (χ1n) is 10.6. The molecule has 0 saturated heterocycles. The van der Waals surface area contributed by atoms with Crippen molar-refractivity contribution >= 4 is 10.8 Å².